The average molecular weight is 395 g/mol. The Kier molecular flexibility index (Phi) is 13.3. The van der Waals surface area contributed by atoms with Crippen LogP contribution in [-0.4, -0.2) is 22.3 Å². The van der Waals surface area contributed by atoms with Crippen LogP contribution in [0.2, 0.25) is 12.1 Å². The molecule has 27 heavy (non-hydrogen) atoms. The van der Waals surface area contributed by atoms with Gasteiger partial charge in [-0.15, -0.1) is 0 Å². The minimum absolute atomic E-state index is 0.834. The van der Waals surface area contributed by atoms with Crippen molar-refractivity contribution < 1.29 is 13.6 Å². The van der Waals surface area contributed by atoms with Gasteiger partial charge in [0.1, 0.15) is 11.5 Å². The number of hydrogen-bond acceptors (Lipinski definition) is 3. The van der Waals surface area contributed by atoms with Gasteiger partial charge in [0, 0.05) is 6.61 Å². The summed E-state index contributed by atoms with van der Waals surface area (Å²) in [6.45, 7) is 7.49. The number of rotatable bonds is 17. The number of methoxy groups -OCH3 is 1. The fraction of sp³-hybridized carbons (Fsp3) is 0.739. The molecule has 1 rings (SSSR count). The lowest BCUT2D eigenvalue weighted by Crippen LogP contribution is -2.44. The SMILES string of the molecule is CCCCCCCCCCCCO[Si](CC)(CC)Oc1ccc(OC)cc1. The predicted octanol–water partition coefficient (Wildman–Crippen LogP) is 7.49. The van der Waals surface area contributed by atoms with Gasteiger partial charge in [-0.1, -0.05) is 78.6 Å². The molecule has 4 heteroatoms. The van der Waals surface area contributed by atoms with E-state index in [-0.39, 0.29) is 0 Å². The van der Waals surface area contributed by atoms with E-state index in [0.717, 1.165) is 36.6 Å². The Morgan fingerprint density at radius 3 is 1.63 bits per heavy atom. The largest absolute Gasteiger partial charge is 0.520 e. The summed E-state index contributed by atoms with van der Waals surface area (Å²) in [6.07, 6.45) is 13.5. The zero-order valence-electron chi connectivity index (χ0n) is 18.2. The molecular weight excluding hydrogens is 352 g/mol. The van der Waals surface area contributed by atoms with E-state index in [1.807, 2.05) is 24.3 Å². The maximum Gasteiger partial charge on any atom is 0.398 e. The highest BCUT2D eigenvalue weighted by atomic mass is 28.4. The van der Waals surface area contributed by atoms with Crippen molar-refractivity contribution in [2.24, 2.45) is 0 Å². The molecule has 0 amide bonds. The summed E-state index contributed by atoms with van der Waals surface area (Å²) < 4.78 is 17.9. The van der Waals surface area contributed by atoms with Gasteiger partial charge < -0.3 is 13.6 Å². The summed E-state index contributed by atoms with van der Waals surface area (Å²) in [5.74, 6) is 1.75. The van der Waals surface area contributed by atoms with E-state index in [0.29, 0.717) is 0 Å². The van der Waals surface area contributed by atoms with Crippen molar-refractivity contribution in [2.75, 3.05) is 13.7 Å². The van der Waals surface area contributed by atoms with E-state index in [1.165, 1.54) is 57.8 Å². The van der Waals surface area contributed by atoms with Crippen LogP contribution in [0.3, 0.4) is 0 Å². The lowest BCUT2D eigenvalue weighted by molar-refractivity contribution is 0.230. The predicted molar refractivity (Wildman–Crippen MR) is 118 cm³/mol. The minimum Gasteiger partial charge on any atom is -0.520 e. The Labute approximate surface area is 169 Å². The first-order valence-electron chi connectivity index (χ1n) is 11.2. The number of unbranched alkanes of at least 4 members (excludes halogenated alkanes) is 9. The Bertz CT molecular complexity index is 457. The van der Waals surface area contributed by atoms with Gasteiger partial charge in [0.15, 0.2) is 0 Å². The van der Waals surface area contributed by atoms with E-state index in [2.05, 4.69) is 20.8 Å². The number of ether oxygens (including phenoxy) is 1. The zero-order valence-corrected chi connectivity index (χ0v) is 19.2. The van der Waals surface area contributed by atoms with Gasteiger partial charge in [-0.25, -0.2) is 0 Å². The monoisotopic (exact) mass is 394 g/mol. The summed E-state index contributed by atoms with van der Waals surface area (Å²) in [6, 6.07) is 9.82. The van der Waals surface area contributed by atoms with Crippen LogP contribution in [0, 0.1) is 0 Å². The van der Waals surface area contributed by atoms with Crippen LogP contribution in [0.25, 0.3) is 0 Å². The molecule has 1 aromatic carbocycles. The first-order valence-corrected chi connectivity index (χ1v) is 13.4. The van der Waals surface area contributed by atoms with Gasteiger partial charge in [-0.2, -0.15) is 0 Å². The molecule has 0 atom stereocenters. The highest BCUT2D eigenvalue weighted by Crippen LogP contribution is 2.25. The topological polar surface area (TPSA) is 27.7 Å². The summed E-state index contributed by atoms with van der Waals surface area (Å²) in [4.78, 5) is 0. The average Bonchev–Trinajstić information content (AvgIpc) is 2.71. The first-order chi connectivity index (χ1) is 13.2. The molecule has 0 saturated heterocycles. The van der Waals surface area contributed by atoms with Crippen LogP contribution in [0.4, 0.5) is 0 Å². The second-order valence-electron chi connectivity index (χ2n) is 7.43. The maximum atomic E-state index is 6.35. The van der Waals surface area contributed by atoms with Crippen LogP contribution in [0.1, 0.15) is 85.0 Å². The molecule has 0 radical (unpaired) electrons. The van der Waals surface area contributed by atoms with Gasteiger partial charge >= 0.3 is 8.56 Å². The van der Waals surface area contributed by atoms with Gasteiger partial charge in [-0.05, 0) is 42.8 Å². The molecule has 1 aromatic rings. The van der Waals surface area contributed by atoms with E-state index >= 15 is 0 Å². The van der Waals surface area contributed by atoms with Crippen molar-refractivity contribution in [1.82, 2.24) is 0 Å². The molecule has 0 bridgehead atoms. The molecule has 0 N–H and O–H groups in total. The van der Waals surface area contributed by atoms with Crippen molar-refractivity contribution in [3.05, 3.63) is 24.3 Å². The van der Waals surface area contributed by atoms with E-state index < -0.39 is 8.56 Å². The van der Waals surface area contributed by atoms with Crippen molar-refractivity contribution in [3.8, 4) is 11.5 Å². The molecular formula is C23H42O3Si. The molecule has 0 fully saturated rings. The molecule has 0 heterocycles. The van der Waals surface area contributed by atoms with Crippen LogP contribution in [0.5, 0.6) is 11.5 Å². The van der Waals surface area contributed by atoms with E-state index in [1.54, 1.807) is 7.11 Å². The molecule has 0 aromatic heterocycles. The highest BCUT2D eigenvalue weighted by molar-refractivity contribution is 6.68. The van der Waals surface area contributed by atoms with Gasteiger partial charge in [0.25, 0.3) is 0 Å². The summed E-state index contributed by atoms with van der Waals surface area (Å²) in [5.41, 5.74) is 0. The van der Waals surface area contributed by atoms with Gasteiger partial charge in [-0.3, -0.25) is 0 Å². The molecule has 156 valence electrons. The molecule has 0 aliphatic heterocycles. The van der Waals surface area contributed by atoms with Crippen molar-refractivity contribution in [2.45, 2.75) is 97.1 Å². The summed E-state index contributed by atoms with van der Waals surface area (Å²) in [5, 5.41) is 0. The molecule has 0 spiro atoms. The fourth-order valence-electron chi connectivity index (χ4n) is 3.33. The number of benzene rings is 1. The third kappa shape index (κ3) is 10.2. The summed E-state index contributed by atoms with van der Waals surface area (Å²) in [7, 11) is -0.464. The van der Waals surface area contributed by atoms with Crippen molar-refractivity contribution in [3.63, 3.8) is 0 Å². The first kappa shape index (κ1) is 24.0. The normalized spacial score (nSPS) is 11.6. The smallest absolute Gasteiger partial charge is 0.398 e. The Morgan fingerprint density at radius 2 is 1.15 bits per heavy atom. The maximum absolute atomic E-state index is 6.35. The van der Waals surface area contributed by atoms with Gasteiger partial charge in [0.2, 0.25) is 0 Å². The van der Waals surface area contributed by atoms with Crippen LogP contribution >= 0.6 is 0 Å². The molecule has 0 saturated carbocycles. The standard InChI is InChI=1S/C23H42O3Si/c1-5-8-9-10-11-12-13-14-15-16-21-25-27(6-2,7-3)26-23-19-17-22(24-4)18-20-23/h17-20H,5-16,21H2,1-4H3. The Hall–Kier alpha value is -1.00. The van der Waals surface area contributed by atoms with Gasteiger partial charge in [0.05, 0.1) is 7.11 Å². The van der Waals surface area contributed by atoms with Crippen molar-refractivity contribution >= 4 is 8.56 Å². The van der Waals surface area contributed by atoms with E-state index in [4.69, 9.17) is 13.6 Å². The quantitative estimate of drug-likeness (QED) is 0.202. The Morgan fingerprint density at radius 1 is 0.667 bits per heavy atom. The minimum atomic E-state index is -2.15. The highest BCUT2D eigenvalue weighted by Gasteiger charge is 2.35. The van der Waals surface area contributed by atoms with Crippen LogP contribution in [-0.2, 0) is 4.43 Å². The molecule has 3 nitrogen and oxygen atoms in total. The van der Waals surface area contributed by atoms with Crippen LogP contribution in [0.15, 0.2) is 24.3 Å². The second kappa shape index (κ2) is 15.0. The Balaban J connectivity index is 2.21. The molecule has 0 unspecified atom stereocenters. The van der Waals surface area contributed by atoms with E-state index in [9.17, 15) is 0 Å². The lowest BCUT2D eigenvalue weighted by atomic mass is 10.1. The third-order valence-corrected chi connectivity index (χ3v) is 8.80. The summed E-state index contributed by atoms with van der Waals surface area (Å²) >= 11 is 0. The lowest BCUT2D eigenvalue weighted by Gasteiger charge is -2.29. The third-order valence-electron chi connectivity index (χ3n) is 5.30. The molecule has 0 aliphatic rings. The fourth-order valence-corrected chi connectivity index (χ4v) is 5.67. The number of hydrogen-bond donors (Lipinski definition) is 0. The molecule has 0 aliphatic carbocycles. The van der Waals surface area contributed by atoms with Crippen LogP contribution < -0.4 is 9.16 Å². The second-order valence-corrected chi connectivity index (χ2v) is 11.2. The van der Waals surface area contributed by atoms with Crippen molar-refractivity contribution in [1.29, 1.82) is 0 Å². The zero-order chi connectivity index (χ0) is 19.8.